The number of benzene rings is 2. The molecule has 0 radical (unpaired) electrons. The number of aliphatic hydroxyl groups excluding tert-OH is 1. The molecule has 30 heavy (non-hydrogen) atoms. The highest BCUT2D eigenvalue weighted by Gasteiger charge is 2.15. The fourth-order valence-electron chi connectivity index (χ4n) is 3.17. The Bertz CT molecular complexity index is 1190. The number of hydrogen-bond donors (Lipinski definition) is 2. The molecule has 8 heteroatoms. The van der Waals surface area contributed by atoms with Crippen LogP contribution in [0.25, 0.3) is 10.9 Å². The van der Waals surface area contributed by atoms with E-state index >= 15 is 0 Å². The Morgan fingerprint density at radius 2 is 1.70 bits per heavy atom. The van der Waals surface area contributed by atoms with Gasteiger partial charge in [0.1, 0.15) is 18.2 Å². The van der Waals surface area contributed by atoms with Crippen molar-refractivity contribution in [2.45, 2.75) is 6.10 Å². The summed E-state index contributed by atoms with van der Waals surface area (Å²) >= 11 is 6.46. The van der Waals surface area contributed by atoms with Gasteiger partial charge in [-0.2, -0.15) is 0 Å². The van der Waals surface area contributed by atoms with E-state index in [-0.39, 0.29) is 0 Å². The first-order valence-corrected chi connectivity index (χ1v) is 9.49. The Kier molecular flexibility index (Phi) is 5.65. The first kappa shape index (κ1) is 19.9. The number of hydrogen-bond acceptors (Lipinski definition) is 7. The van der Waals surface area contributed by atoms with Crippen LogP contribution < -0.4 is 14.8 Å². The lowest BCUT2D eigenvalue weighted by Crippen LogP contribution is -2.02. The predicted molar refractivity (Wildman–Crippen MR) is 116 cm³/mol. The summed E-state index contributed by atoms with van der Waals surface area (Å²) in [5, 5.41) is 15.1. The van der Waals surface area contributed by atoms with Crippen LogP contribution in [0.3, 0.4) is 0 Å². The van der Waals surface area contributed by atoms with Crippen LogP contribution in [-0.2, 0) is 0 Å². The van der Waals surface area contributed by atoms with Crippen LogP contribution in [0.15, 0.2) is 61.2 Å². The average Bonchev–Trinajstić information content (AvgIpc) is 2.78. The van der Waals surface area contributed by atoms with E-state index in [2.05, 4.69) is 20.3 Å². The van der Waals surface area contributed by atoms with Gasteiger partial charge in [-0.25, -0.2) is 9.97 Å². The highest BCUT2D eigenvalue weighted by Crippen LogP contribution is 2.35. The number of nitrogens with zero attached hydrogens (tertiary/aromatic N) is 3. The second-order valence-electron chi connectivity index (χ2n) is 6.49. The van der Waals surface area contributed by atoms with Crippen LogP contribution in [-0.4, -0.2) is 34.3 Å². The van der Waals surface area contributed by atoms with Gasteiger partial charge in [0, 0.05) is 40.1 Å². The highest BCUT2D eigenvalue weighted by atomic mass is 35.5. The molecule has 2 aromatic heterocycles. The molecule has 1 unspecified atom stereocenters. The lowest BCUT2D eigenvalue weighted by atomic mass is 10.0. The summed E-state index contributed by atoms with van der Waals surface area (Å²) in [7, 11) is 3.15. The SMILES string of the molecule is COc1cc2ncnc(Nc3ccc(C(O)c4ccncc4)c(Cl)c3)c2cc1OC. The van der Waals surface area contributed by atoms with Gasteiger partial charge in [0.25, 0.3) is 0 Å². The van der Waals surface area contributed by atoms with E-state index in [0.717, 1.165) is 16.6 Å². The minimum atomic E-state index is -0.842. The maximum absolute atomic E-state index is 10.6. The van der Waals surface area contributed by atoms with Crippen molar-refractivity contribution in [1.82, 2.24) is 15.0 Å². The van der Waals surface area contributed by atoms with Crippen molar-refractivity contribution in [1.29, 1.82) is 0 Å². The molecule has 0 aliphatic heterocycles. The highest BCUT2D eigenvalue weighted by molar-refractivity contribution is 6.31. The zero-order valence-corrected chi connectivity index (χ0v) is 17.1. The summed E-state index contributed by atoms with van der Waals surface area (Å²) in [6.45, 7) is 0. The number of pyridine rings is 1. The Balaban J connectivity index is 1.66. The van der Waals surface area contributed by atoms with Gasteiger partial charge in [0.2, 0.25) is 0 Å². The van der Waals surface area contributed by atoms with Crippen molar-refractivity contribution in [3.8, 4) is 11.5 Å². The molecular weight excluding hydrogens is 404 g/mol. The molecule has 0 fully saturated rings. The third-order valence-corrected chi connectivity index (χ3v) is 5.05. The van der Waals surface area contributed by atoms with E-state index in [1.165, 1.54) is 6.33 Å². The molecule has 7 nitrogen and oxygen atoms in total. The van der Waals surface area contributed by atoms with Crippen molar-refractivity contribution in [3.63, 3.8) is 0 Å². The second-order valence-corrected chi connectivity index (χ2v) is 6.90. The van der Waals surface area contributed by atoms with Crippen LogP contribution >= 0.6 is 11.6 Å². The minimum absolute atomic E-state index is 0.432. The molecule has 0 saturated carbocycles. The molecule has 0 saturated heterocycles. The number of ether oxygens (including phenoxy) is 2. The van der Waals surface area contributed by atoms with E-state index < -0.39 is 6.10 Å². The Hall–Kier alpha value is -3.42. The Morgan fingerprint density at radius 3 is 2.40 bits per heavy atom. The lowest BCUT2D eigenvalue weighted by molar-refractivity contribution is 0.220. The zero-order chi connectivity index (χ0) is 21.1. The molecule has 0 aliphatic carbocycles. The van der Waals surface area contributed by atoms with Crippen molar-refractivity contribution >= 4 is 34.0 Å². The summed E-state index contributed by atoms with van der Waals surface area (Å²) in [5.74, 6) is 1.77. The molecule has 0 aliphatic rings. The zero-order valence-electron chi connectivity index (χ0n) is 16.3. The molecule has 152 valence electrons. The lowest BCUT2D eigenvalue weighted by Gasteiger charge is -2.15. The molecular formula is C22H19ClN4O3. The van der Waals surface area contributed by atoms with Gasteiger partial charge in [-0.15, -0.1) is 0 Å². The molecule has 4 rings (SSSR count). The first-order chi connectivity index (χ1) is 14.6. The maximum atomic E-state index is 10.6. The first-order valence-electron chi connectivity index (χ1n) is 9.12. The second kappa shape index (κ2) is 8.52. The van der Waals surface area contributed by atoms with Crippen molar-refractivity contribution in [2.75, 3.05) is 19.5 Å². The average molecular weight is 423 g/mol. The smallest absolute Gasteiger partial charge is 0.162 e. The summed E-state index contributed by atoms with van der Waals surface area (Å²) in [6, 6.07) is 12.5. The van der Waals surface area contributed by atoms with Crippen LogP contribution in [0.1, 0.15) is 17.2 Å². The minimum Gasteiger partial charge on any atom is -0.493 e. The normalized spacial score (nSPS) is 11.9. The number of methoxy groups -OCH3 is 2. The van der Waals surface area contributed by atoms with E-state index in [4.69, 9.17) is 21.1 Å². The standard InChI is InChI=1S/C22H19ClN4O3/c1-29-19-10-16-18(11-20(19)30-2)25-12-26-22(16)27-14-3-4-15(17(23)9-14)21(28)13-5-7-24-8-6-13/h3-12,21,28H,1-2H3,(H,25,26,27). The van der Waals surface area contributed by atoms with E-state index in [9.17, 15) is 5.11 Å². The number of nitrogens with one attached hydrogen (secondary N) is 1. The number of aromatic nitrogens is 3. The molecule has 2 aromatic carbocycles. The van der Waals surface area contributed by atoms with Gasteiger partial charge in [0.15, 0.2) is 11.5 Å². The largest absolute Gasteiger partial charge is 0.493 e. The van der Waals surface area contributed by atoms with Crippen LogP contribution in [0.5, 0.6) is 11.5 Å². The predicted octanol–water partition coefficient (Wildman–Crippen LogP) is 4.52. The molecule has 2 heterocycles. The van der Waals surface area contributed by atoms with Crippen LogP contribution in [0.2, 0.25) is 5.02 Å². The topological polar surface area (TPSA) is 89.4 Å². The number of halogens is 1. The monoisotopic (exact) mass is 422 g/mol. The van der Waals surface area contributed by atoms with E-state index in [1.54, 1.807) is 56.9 Å². The van der Waals surface area contributed by atoms with Gasteiger partial charge in [-0.3, -0.25) is 4.98 Å². The molecule has 1 atom stereocenters. The molecule has 0 bridgehead atoms. The van der Waals surface area contributed by atoms with Crippen molar-refractivity contribution < 1.29 is 14.6 Å². The molecule has 2 N–H and O–H groups in total. The number of anilines is 2. The summed E-state index contributed by atoms with van der Waals surface area (Å²) in [4.78, 5) is 12.6. The van der Waals surface area contributed by atoms with E-state index in [0.29, 0.717) is 33.4 Å². The van der Waals surface area contributed by atoms with E-state index in [1.807, 2.05) is 12.1 Å². The Labute approximate surface area is 178 Å². The number of rotatable bonds is 6. The summed E-state index contributed by atoms with van der Waals surface area (Å²) < 4.78 is 10.7. The number of fused-ring (bicyclic) bond motifs is 1. The van der Waals surface area contributed by atoms with Gasteiger partial charge in [-0.1, -0.05) is 17.7 Å². The molecule has 0 amide bonds. The third-order valence-electron chi connectivity index (χ3n) is 4.72. The quantitative estimate of drug-likeness (QED) is 0.472. The summed E-state index contributed by atoms with van der Waals surface area (Å²) in [6.07, 6.45) is 3.89. The van der Waals surface area contributed by atoms with Gasteiger partial charge in [-0.05, 0) is 35.9 Å². The number of aliphatic hydroxyl groups is 1. The van der Waals surface area contributed by atoms with Gasteiger partial charge in [0.05, 0.1) is 19.7 Å². The Morgan fingerprint density at radius 1 is 0.967 bits per heavy atom. The fraction of sp³-hybridized carbons (Fsp3) is 0.136. The molecule has 4 aromatic rings. The van der Waals surface area contributed by atoms with Crippen LogP contribution in [0.4, 0.5) is 11.5 Å². The van der Waals surface area contributed by atoms with Crippen molar-refractivity contribution in [3.05, 3.63) is 77.3 Å². The van der Waals surface area contributed by atoms with Gasteiger partial charge >= 0.3 is 0 Å². The molecule has 0 spiro atoms. The van der Waals surface area contributed by atoms with Gasteiger partial charge < -0.3 is 19.9 Å². The fourth-order valence-corrected chi connectivity index (χ4v) is 3.46. The summed E-state index contributed by atoms with van der Waals surface area (Å²) in [5.41, 5.74) is 2.75. The van der Waals surface area contributed by atoms with Crippen molar-refractivity contribution in [2.24, 2.45) is 0 Å². The maximum Gasteiger partial charge on any atom is 0.162 e. The van der Waals surface area contributed by atoms with Crippen LogP contribution in [0, 0.1) is 0 Å². The third kappa shape index (κ3) is 3.85.